The molecule has 0 saturated carbocycles. The van der Waals surface area contributed by atoms with Gasteiger partial charge in [-0.25, -0.2) is 12.8 Å². The number of rotatable bonds is 2. The fourth-order valence-electron chi connectivity index (χ4n) is 2.18. The third-order valence-electron chi connectivity index (χ3n) is 3.39. The Balaban J connectivity index is 2.37. The van der Waals surface area contributed by atoms with Crippen molar-refractivity contribution < 1.29 is 12.8 Å². The fraction of sp³-hybridized carbons (Fsp3) is 0.500. The summed E-state index contributed by atoms with van der Waals surface area (Å²) in [6.07, 6.45) is 0. The average molecular weight is 272 g/mol. The molecule has 18 heavy (non-hydrogen) atoms. The molecule has 6 heteroatoms. The van der Waals surface area contributed by atoms with E-state index in [0.717, 1.165) is 0 Å². The summed E-state index contributed by atoms with van der Waals surface area (Å²) in [4.78, 5) is 0.158. The largest absolute Gasteiger partial charge is 0.326 e. The van der Waals surface area contributed by atoms with Crippen molar-refractivity contribution in [3.05, 3.63) is 29.6 Å². The van der Waals surface area contributed by atoms with Gasteiger partial charge in [0, 0.05) is 19.1 Å². The van der Waals surface area contributed by atoms with Crippen LogP contribution in [0.25, 0.3) is 0 Å². The Kier molecular flexibility index (Phi) is 3.44. The lowest BCUT2D eigenvalue weighted by atomic mass is 10.1. The van der Waals surface area contributed by atoms with Crippen LogP contribution in [0.2, 0.25) is 0 Å². The van der Waals surface area contributed by atoms with Gasteiger partial charge in [0.15, 0.2) is 0 Å². The van der Waals surface area contributed by atoms with Gasteiger partial charge < -0.3 is 5.73 Å². The van der Waals surface area contributed by atoms with E-state index in [4.69, 9.17) is 5.73 Å². The molecule has 1 aliphatic heterocycles. The highest BCUT2D eigenvalue weighted by Crippen LogP contribution is 2.25. The lowest BCUT2D eigenvalue weighted by Gasteiger charge is -2.17. The summed E-state index contributed by atoms with van der Waals surface area (Å²) in [7, 11) is -3.57. The molecule has 1 saturated heterocycles. The minimum atomic E-state index is -3.57. The van der Waals surface area contributed by atoms with Crippen molar-refractivity contribution in [3.63, 3.8) is 0 Å². The van der Waals surface area contributed by atoms with Crippen molar-refractivity contribution in [3.8, 4) is 0 Å². The second-order valence-corrected chi connectivity index (χ2v) is 6.78. The molecule has 1 aliphatic rings. The van der Waals surface area contributed by atoms with Crippen molar-refractivity contribution in [1.29, 1.82) is 0 Å². The smallest absolute Gasteiger partial charge is 0.243 e. The Morgan fingerprint density at radius 3 is 2.56 bits per heavy atom. The lowest BCUT2D eigenvalue weighted by molar-refractivity contribution is 0.463. The minimum absolute atomic E-state index is 0.138. The Bertz CT molecular complexity index is 549. The van der Waals surface area contributed by atoms with E-state index in [0.29, 0.717) is 18.7 Å². The molecule has 1 aromatic carbocycles. The van der Waals surface area contributed by atoms with Gasteiger partial charge in [0.2, 0.25) is 10.0 Å². The number of sulfonamides is 1. The third kappa shape index (κ3) is 2.28. The van der Waals surface area contributed by atoms with E-state index < -0.39 is 15.8 Å². The molecule has 2 unspecified atom stereocenters. The molecule has 1 aromatic rings. The van der Waals surface area contributed by atoms with Gasteiger partial charge in [-0.15, -0.1) is 0 Å². The summed E-state index contributed by atoms with van der Waals surface area (Å²) >= 11 is 0. The zero-order valence-corrected chi connectivity index (χ0v) is 11.2. The number of nitrogens with zero attached hydrogens (tertiary/aromatic N) is 1. The van der Waals surface area contributed by atoms with E-state index in [1.165, 1.54) is 22.5 Å². The van der Waals surface area contributed by atoms with Crippen molar-refractivity contribution in [1.82, 2.24) is 4.31 Å². The average Bonchev–Trinajstić information content (AvgIpc) is 2.59. The first-order valence-corrected chi connectivity index (χ1v) is 7.28. The quantitative estimate of drug-likeness (QED) is 0.877. The first-order valence-electron chi connectivity index (χ1n) is 5.84. The molecule has 100 valence electrons. The maximum atomic E-state index is 13.0. The molecule has 0 spiro atoms. The molecule has 2 N–H and O–H groups in total. The zero-order valence-electron chi connectivity index (χ0n) is 10.4. The van der Waals surface area contributed by atoms with Crippen LogP contribution in [0.4, 0.5) is 4.39 Å². The van der Waals surface area contributed by atoms with Crippen LogP contribution in [0.15, 0.2) is 23.1 Å². The standard InChI is InChI=1S/C12H17FN2O2S/c1-8-5-10(13)3-4-12(8)18(16,17)15-6-9(2)11(14)7-15/h3-5,9,11H,6-7,14H2,1-2H3. The minimum Gasteiger partial charge on any atom is -0.326 e. The number of hydrogen-bond acceptors (Lipinski definition) is 3. The highest BCUT2D eigenvalue weighted by molar-refractivity contribution is 7.89. The number of aryl methyl sites for hydroxylation is 1. The normalized spacial score (nSPS) is 25.6. The Labute approximate surface area is 107 Å². The lowest BCUT2D eigenvalue weighted by Crippen LogP contribution is -2.32. The van der Waals surface area contributed by atoms with Gasteiger partial charge in [0.05, 0.1) is 4.90 Å². The molecule has 0 radical (unpaired) electrons. The van der Waals surface area contributed by atoms with Crippen LogP contribution in [0.5, 0.6) is 0 Å². The van der Waals surface area contributed by atoms with Gasteiger partial charge >= 0.3 is 0 Å². The van der Waals surface area contributed by atoms with Gasteiger partial charge in [0.25, 0.3) is 0 Å². The van der Waals surface area contributed by atoms with Crippen LogP contribution >= 0.6 is 0 Å². The van der Waals surface area contributed by atoms with Crippen molar-refractivity contribution >= 4 is 10.0 Å². The predicted octanol–water partition coefficient (Wildman–Crippen LogP) is 1.10. The highest BCUT2D eigenvalue weighted by atomic mass is 32.2. The number of hydrogen-bond donors (Lipinski definition) is 1. The van der Waals surface area contributed by atoms with E-state index in [1.54, 1.807) is 6.92 Å². The van der Waals surface area contributed by atoms with Gasteiger partial charge in [-0.05, 0) is 36.6 Å². The summed E-state index contributed by atoms with van der Waals surface area (Å²) in [5.74, 6) is -0.293. The molecule has 2 rings (SSSR count). The van der Waals surface area contributed by atoms with Crippen LogP contribution in [-0.4, -0.2) is 31.9 Å². The van der Waals surface area contributed by atoms with Gasteiger partial charge in [-0.3, -0.25) is 0 Å². The third-order valence-corrected chi connectivity index (χ3v) is 5.38. The van der Waals surface area contributed by atoms with Crippen molar-refractivity contribution in [2.75, 3.05) is 13.1 Å². The van der Waals surface area contributed by atoms with Gasteiger partial charge in [0.1, 0.15) is 5.82 Å². The van der Waals surface area contributed by atoms with Gasteiger partial charge in [-0.1, -0.05) is 6.92 Å². The summed E-state index contributed by atoms with van der Waals surface area (Å²) in [6, 6.07) is 3.57. The van der Waals surface area contributed by atoms with Crippen molar-refractivity contribution in [2.45, 2.75) is 24.8 Å². The molecule has 0 aliphatic carbocycles. The molecule has 0 amide bonds. The predicted molar refractivity (Wildman–Crippen MR) is 67.0 cm³/mol. The number of nitrogens with two attached hydrogens (primary N) is 1. The first kappa shape index (κ1) is 13.5. The summed E-state index contributed by atoms with van der Waals surface area (Å²) < 4.78 is 39.2. The molecule has 1 fully saturated rings. The van der Waals surface area contributed by atoms with E-state index in [9.17, 15) is 12.8 Å². The Morgan fingerprint density at radius 1 is 1.39 bits per heavy atom. The van der Waals surface area contributed by atoms with Crippen LogP contribution in [0.3, 0.4) is 0 Å². The summed E-state index contributed by atoms with van der Waals surface area (Å²) in [5, 5.41) is 0. The Hall–Kier alpha value is -0.980. The van der Waals surface area contributed by atoms with Crippen LogP contribution in [-0.2, 0) is 10.0 Å². The second-order valence-electron chi connectivity index (χ2n) is 4.87. The molecule has 4 nitrogen and oxygen atoms in total. The molecule has 0 aromatic heterocycles. The van der Waals surface area contributed by atoms with E-state index in [2.05, 4.69) is 0 Å². The Morgan fingerprint density at radius 2 is 2.06 bits per heavy atom. The number of halogens is 1. The molecule has 0 bridgehead atoms. The molecular formula is C12H17FN2O2S. The zero-order chi connectivity index (χ0) is 13.5. The van der Waals surface area contributed by atoms with Crippen LogP contribution < -0.4 is 5.73 Å². The molecular weight excluding hydrogens is 255 g/mol. The van der Waals surface area contributed by atoms with E-state index in [1.807, 2.05) is 6.92 Å². The van der Waals surface area contributed by atoms with E-state index >= 15 is 0 Å². The first-order chi connectivity index (χ1) is 8.32. The molecule has 1 heterocycles. The van der Waals surface area contributed by atoms with Gasteiger partial charge in [-0.2, -0.15) is 4.31 Å². The fourth-order valence-corrected chi connectivity index (χ4v) is 3.97. The monoisotopic (exact) mass is 272 g/mol. The topological polar surface area (TPSA) is 63.4 Å². The molecule has 2 atom stereocenters. The SMILES string of the molecule is Cc1cc(F)ccc1S(=O)(=O)N1CC(C)C(N)C1. The summed E-state index contributed by atoms with van der Waals surface area (Å²) in [5.41, 5.74) is 6.26. The van der Waals surface area contributed by atoms with E-state index in [-0.39, 0.29) is 16.9 Å². The highest BCUT2D eigenvalue weighted by Gasteiger charge is 2.35. The van der Waals surface area contributed by atoms with Crippen LogP contribution in [0.1, 0.15) is 12.5 Å². The second kappa shape index (κ2) is 4.60. The van der Waals surface area contributed by atoms with Crippen LogP contribution in [0, 0.1) is 18.7 Å². The summed E-state index contributed by atoms with van der Waals surface area (Å²) in [6.45, 7) is 4.26. The maximum absolute atomic E-state index is 13.0. The van der Waals surface area contributed by atoms with Crippen molar-refractivity contribution in [2.24, 2.45) is 11.7 Å². The maximum Gasteiger partial charge on any atom is 0.243 e. The number of benzene rings is 1.